The van der Waals surface area contributed by atoms with Gasteiger partial charge in [0.2, 0.25) is 0 Å². The fourth-order valence-corrected chi connectivity index (χ4v) is 9.74. The number of carbonyl (C=O) groups is 1. The van der Waals surface area contributed by atoms with Gasteiger partial charge >= 0.3 is 11.6 Å². The Morgan fingerprint density at radius 3 is 2.16 bits per heavy atom. The molecule has 2 heterocycles. The molecule has 0 amide bonds. The number of hydrogen-bond acceptors (Lipinski definition) is 6. The predicted octanol–water partition coefficient (Wildman–Crippen LogP) is 8.99. The second-order valence-electron chi connectivity index (χ2n) is 13.2. The Hall–Kier alpha value is -1.66. The number of aliphatic hydroxyl groups is 1. The van der Waals surface area contributed by atoms with Crippen LogP contribution >= 0.6 is 0 Å². The molecular weight excluding hydrogens is 550 g/mol. The van der Waals surface area contributed by atoms with E-state index < -0.39 is 5.60 Å². The maximum Gasteiger partial charge on any atom is 0.335 e. The summed E-state index contributed by atoms with van der Waals surface area (Å²) in [5.41, 5.74) is 0.0748. The molecule has 6 heteroatoms. The monoisotopic (exact) mass is 618 g/mol. The first-order valence-corrected chi connectivity index (χ1v) is 18.5. The van der Waals surface area contributed by atoms with E-state index in [9.17, 15) is 14.7 Å². The van der Waals surface area contributed by atoms with E-state index in [1.807, 2.05) is 61.5 Å². The summed E-state index contributed by atoms with van der Waals surface area (Å²) in [6, 6.07) is 3.43. The van der Waals surface area contributed by atoms with Crippen molar-refractivity contribution in [2.75, 3.05) is 19.6 Å². The Kier molecular flexibility index (Phi) is 15.2. The first-order chi connectivity index (χ1) is 21.2. The Labute approximate surface area is 269 Å². The van der Waals surface area contributed by atoms with Crippen LogP contribution < -0.4 is 5.63 Å². The molecule has 1 aromatic heterocycles. The summed E-state index contributed by atoms with van der Waals surface area (Å²) < 4.78 is 11.2. The van der Waals surface area contributed by atoms with Crippen molar-refractivity contribution in [2.45, 2.75) is 157 Å². The number of esters is 1. The van der Waals surface area contributed by atoms with Crippen molar-refractivity contribution in [3.63, 3.8) is 0 Å². The van der Waals surface area contributed by atoms with Gasteiger partial charge in [0.1, 0.15) is 6.10 Å². The van der Waals surface area contributed by atoms with E-state index in [2.05, 4.69) is 18.7 Å². The van der Waals surface area contributed by atoms with E-state index in [1.165, 1.54) is 18.9 Å². The molecule has 44 heavy (non-hydrogen) atoms. The van der Waals surface area contributed by atoms with E-state index in [4.69, 9.17) is 9.15 Å². The summed E-state index contributed by atoms with van der Waals surface area (Å²) in [6.07, 6.45) is 13.1. The number of ether oxygens (including phenoxy) is 1. The second-order valence-corrected chi connectivity index (χ2v) is 13.2. The highest BCUT2D eigenvalue weighted by Crippen LogP contribution is 2.70. The predicted molar refractivity (Wildman–Crippen MR) is 182 cm³/mol. The zero-order chi connectivity index (χ0) is 33.1. The van der Waals surface area contributed by atoms with Crippen molar-refractivity contribution in [1.82, 2.24) is 4.90 Å². The van der Waals surface area contributed by atoms with Gasteiger partial charge in [0.05, 0.1) is 18.4 Å². The van der Waals surface area contributed by atoms with Crippen LogP contribution in [0.4, 0.5) is 0 Å². The van der Waals surface area contributed by atoms with Gasteiger partial charge in [0.25, 0.3) is 0 Å². The van der Waals surface area contributed by atoms with Crippen LogP contribution in [0.1, 0.15) is 151 Å². The summed E-state index contributed by atoms with van der Waals surface area (Å²) in [5.74, 6) is 1.57. The largest absolute Gasteiger partial charge is 0.461 e. The molecule has 6 rings (SSSR count). The minimum atomic E-state index is -0.677. The topological polar surface area (TPSA) is 80.0 Å². The fraction of sp³-hybridized carbons (Fsp3) is 0.842. The molecule has 1 N–H and O–H groups in total. The van der Waals surface area contributed by atoms with Crippen LogP contribution in [-0.4, -0.2) is 47.3 Å². The lowest BCUT2D eigenvalue weighted by Gasteiger charge is -2.63. The normalized spacial score (nSPS) is 36.9. The number of carbonyl (C=O) groups excluding carboxylic acids is 1. The SMILES string of the molecule is CC.CC.CC.CC.CC12CCC(OC(=O)CN3CCCC3)CC1CCC1C2CCC2(C)C(c3ccc(=O)oc3)CCC12O. The highest BCUT2D eigenvalue weighted by Gasteiger charge is 2.67. The van der Waals surface area contributed by atoms with E-state index in [0.29, 0.717) is 24.3 Å². The Morgan fingerprint density at radius 1 is 0.886 bits per heavy atom. The van der Waals surface area contributed by atoms with Crippen molar-refractivity contribution >= 4 is 5.97 Å². The zero-order valence-electron chi connectivity index (χ0n) is 30.0. The second kappa shape index (κ2) is 17.3. The smallest absolute Gasteiger partial charge is 0.335 e. The molecule has 4 saturated carbocycles. The van der Waals surface area contributed by atoms with Crippen molar-refractivity contribution in [2.24, 2.45) is 28.6 Å². The Balaban J connectivity index is 0.000000783. The molecule has 0 bridgehead atoms. The van der Waals surface area contributed by atoms with Crippen LogP contribution in [0.25, 0.3) is 0 Å². The highest BCUT2D eigenvalue weighted by atomic mass is 16.5. The van der Waals surface area contributed by atoms with Crippen LogP contribution in [0.15, 0.2) is 27.6 Å². The third-order valence-electron chi connectivity index (χ3n) is 11.8. The Bertz CT molecular complexity index is 1030. The van der Waals surface area contributed by atoms with Gasteiger partial charge in [-0.25, -0.2) is 4.79 Å². The number of likely N-dealkylation sites (tertiary alicyclic amines) is 1. The molecule has 1 aromatic rings. The van der Waals surface area contributed by atoms with E-state index >= 15 is 0 Å². The first kappa shape index (κ1) is 38.5. The zero-order valence-corrected chi connectivity index (χ0v) is 30.0. The maximum atomic E-state index is 12.6. The van der Waals surface area contributed by atoms with Gasteiger partial charge in [0.15, 0.2) is 0 Å². The van der Waals surface area contributed by atoms with Gasteiger partial charge in [-0.2, -0.15) is 0 Å². The van der Waals surface area contributed by atoms with Crippen LogP contribution in [0, 0.1) is 28.6 Å². The summed E-state index contributed by atoms with van der Waals surface area (Å²) in [6.45, 7) is 23.2. The van der Waals surface area contributed by atoms with Crippen molar-refractivity contribution < 1.29 is 19.1 Å². The molecule has 4 aliphatic carbocycles. The average Bonchev–Trinajstić information content (AvgIpc) is 3.67. The van der Waals surface area contributed by atoms with Gasteiger partial charge in [0, 0.05) is 11.5 Å². The molecule has 254 valence electrons. The van der Waals surface area contributed by atoms with Crippen LogP contribution in [0.2, 0.25) is 0 Å². The Morgan fingerprint density at radius 2 is 1.55 bits per heavy atom. The number of rotatable bonds is 4. The van der Waals surface area contributed by atoms with E-state index in [0.717, 1.165) is 76.4 Å². The molecule has 5 fully saturated rings. The molecule has 1 saturated heterocycles. The van der Waals surface area contributed by atoms with Crippen LogP contribution in [0.3, 0.4) is 0 Å². The molecule has 8 unspecified atom stereocenters. The molecular formula is C38H67NO5. The molecule has 5 aliphatic rings. The van der Waals surface area contributed by atoms with Gasteiger partial charge < -0.3 is 14.3 Å². The van der Waals surface area contributed by atoms with Crippen LogP contribution in [-0.2, 0) is 9.53 Å². The lowest BCUT2D eigenvalue weighted by atomic mass is 9.43. The van der Waals surface area contributed by atoms with Crippen molar-refractivity contribution in [1.29, 1.82) is 0 Å². The third kappa shape index (κ3) is 7.48. The minimum Gasteiger partial charge on any atom is -0.461 e. The molecule has 1 aliphatic heterocycles. The molecule has 0 radical (unpaired) electrons. The minimum absolute atomic E-state index is 0.0457. The lowest BCUT2D eigenvalue weighted by molar-refractivity contribution is -0.207. The number of fused-ring (bicyclic) bond motifs is 5. The average molecular weight is 618 g/mol. The van der Waals surface area contributed by atoms with Gasteiger partial charge in [-0.1, -0.05) is 69.2 Å². The van der Waals surface area contributed by atoms with Crippen molar-refractivity contribution in [3.05, 3.63) is 34.4 Å². The summed E-state index contributed by atoms with van der Waals surface area (Å²) in [7, 11) is 0. The van der Waals surface area contributed by atoms with Gasteiger partial charge in [-0.3, -0.25) is 9.69 Å². The third-order valence-corrected chi connectivity index (χ3v) is 11.8. The van der Waals surface area contributed by atoms with Gasteiger partial charge in [-0.15, -0.1) is 0 Å². The highest BCUT2D eigenvalue weighted by molar-refractivity contribution is 5.71. The summed E-state index contributed by atoms with van der Waals surface area (Å²) in [4.78, 5) is 26.3. The van der Waals surface area contributed by atoms with Crippen molar-refractivity contribution in [3.8, 4) is 0 Å². The van der Waals surface area contributed by atoms with Gasteiger partial charge in [-0.05, 0) is 124 Å². The number of nitrogens with zero attached hydrogens (tertiary/aromatic N) is 1. The van der Waals surface area contributed by atoms with E-state index in [1.54, 1.807) is 6.26 Å². The first-order valence-electron chi connectivity index (χ1n) is 18.5. The summed E-state index contributed by atoms with van der Waals surface area (Å²) in [5, 5.41) is 12.4. The quantitative estimate of drug-likeness (QED) is 0.340. The molecule has 8 atom stereocenters. The maximum absolute atomic E-state index is 12.6. The lowest BCUT2D eigenvalue weighted by Crippen LogP contribution is -2.62. The standard InChI is InChI=1S/C30H43NO5.4C2H6/c1-28-12-9-22(36-27(33)18-31-15-3-4-16-31)17-21(28)6-7-25-24(28)10-13-29(2)23(11-14-30(25,29)34)20-5-8-26(32)35-19-20;4*1-2/h5,8,19,21-25,34H,3-4,6-7,9-18H2,1-2H3;4*1-2H3. The molecule has 0 aromatic carbocycles. The summed E-state index contributed by atoms with van der Waals surface area (Å²) >= 11 is 0. The fourth-order valence-electron chi connectivity index (χ4n) is 9.74. The van der Waals surface area contributed by atoms with Crippen LogP contribution in [0.5, 0.6) is 0 Å². The molecule has 6 nitrogen and oxygen atoms in total. The van der Waals surface area contributed by atoms with E-state index in [-0.39, 0.29) is 34.4 Å². The number of hydrogen-bond donors (Lipinski definition) is 1. The molecule has 0 spiro atoms.